The first kappa shape index (κ1) is 13.5. The van der Waals surface area contributed by atoms with Crippen molar-refractivity contribution in [3.63, 3.8) is 0 Å². The van der Waals surface area contributed by atoms with E-state index in [2.05, 4.69) is 15.6 Å². The van der Waals surface area contributed by atoms with Crippen LogP contribution in [0.5, 0.6) is 0 Å². The molecule has 1 heterocycles. The Hall–Kier alpha value is -1.56. The van der Waals surface area contributed by atoms with E-state index in [1.165, 1.54) is 6.92 Å². The monoisotopic (exact) mass is 240 g/mol. The van der Waals surface area contributed by atoms with Crippen molar-refractivity contribution < 1.29 is 9.53 Å². The summed E-state index contributed by atoms with van der Waals surface area (Å²) in [4.78, 5) is 15.0. The number of carbonyl (C=O) groups is 1. The Kier molecular flexibility index (Phi) is 5.48. The molecule has 17 heavy (non-hydrogen) atoms. The molecule has 6 nitrogen and oxygen atoms in total. The van der Waals surface area contributed by atoms with Gasteiger partial charge < -0.3 is 19.9 Å². The maximum Gasteiger partial charge on any atom is 0.216 e. The smallest absolute Gasteiger partial charge is 0.216 e. The van der Waals surface area contributed by atoms with E-state index in [1.807, 2.05) is 17.7 Å². The summed E-state index contributed by atoms with van der Waals surface area (Å²) < 4.78 is 7.01. The number of hydrogen-bond donors (Lipinski definition) is 2. The number of ether oxygens (including phenoxy) is 1. The van der Waals surface area contributed by atoms with Crippen LogP contribution in [0, 0.1) is 0 Å². The quantitative estimate of drug-likeness (QED) is 0.727. The van der Waals surface area contributed by atoms with E-state index < -0.39 is 0 Å². The first-order valence-electron chi connectivity index (χ1n) is 5.64. The molecule has 1 rings (SSSR count). The lowest BCUT2D eigenvalue weighted by Gasteiger charge is -2.15. The predicted octanol–water partition coefficient (Wildman–Crippen LogP) is 0.466. The van der Waals surface area contributed by atoms with Gasteiger partial charge in [0.2, 0.25) is 11.9 Å². The summed E-state index contributed by atoms with van der Waals surface area (Å²) in [6, 6.07) is 0.196. The molecule has 0 aromatic carbocycles. The fourth-order valence-electron chi connectivity index (χ4n) is 1.49. The fraction of sp³-hybridized carbons (Fsp3) is 0.636. The summed E-state index contributed by atoms with van der Waals surface area (Å²) in [7, 11) is 1.67. The molecule has 0 bridgehead atoms. The molecular formula is C11H20N4O2. The van der Waals surface area contributed by atoms with Crippen LogP contribution in [0.15, 0.2) is 12.4 Å². The standard InChI is InChI=1S/C11H20N4O2/c1-9(8-17-3)14-11-13-5-7-15(11)6-4-12-10(2)16/h5,7,9H,4,6,8H2,1-3H3,(H,12,16)(H,13,14). The van der Waals surface area contributed by atoms with Gasteiger partial charge >= 0.3 is 0 Å². The van der Waals surface area contributed by atoms with Crippen molar-refractivity contribution in [3.8, 4) is 0 Å². The highest BCUT2D eigenvalue weighted by molar-refractivity contribution is 5.72. The normalized spacial score (nSPS) is 12.2. The van der Waals surface area contributed by atoms with E-state index in [1.54, 1.807) is 13.3 Å². The average Bonchev–Trinajstić information content (AvgIpc) is 2.65. The van der Waals surface area contributed by atoms with Gasteiger partial charge in [0.15, 0.2) is 0 Å². The second kappa shape index (κ2) is 6.90. The third kappa shape index (κ3) is 4.86. The number of imidazole rings is 1. The van der Waals surface area contributed by atoms with Crippen molar-refractivity contribution in [2.45, 2.75) is 26.4 Å². The van der Waals surface area contributed by atoms with Gasteiger partial charge in [-0.25, -0.2) is 4.98 Å². The Bertz CT molecular complexity index is 351. The molecule has 0 radical (unpaired) electrons. The highest BCUT2D eigenvalue weighted by atomic mass is 16.5. The van der Waals surface area contributed by atoms with Gasteiger partial charge in [0.05, 0.1) is 6.61 Å². The van der Waals surface area contributed by atoms with Gasteiger partial charge in [-0.3, -0.25) is 4.79 Å². The second-order valence-electron chi connectivity index (χ2n) is 3.93. The summed E-state index contributed by atoms with van der Waals surface area (Å²) in [6.07, 6.45) is 3.61. The lowest BCUT2D eigenvalue weighted by molar-refractivity contribution is -0.118. The van der Waals surface area contributed by atoms with Crippen LogP contribution in [0.25, 0.3) is 0 Å². The summed E-state index contributed by atoms with van der Waals surface area (Å²) in [5.41, 5.74) is 0. The number of nitrogens with one attached hydrogen (secondary N) is 2. The molecule has 0 aliphatic carbocycles. The molecule has 0 aliphatic heterocycles. The van der Waals surface area contributed by atoms with Gasteiger partial charge in [-0.2, -0.15) is 0 Å². The third-order valence-electron chi connectivity index (χ3n) is 2.23. The maximum atomic E-state index is 10.8. The summed E-state index contributed by atoms with van der Waals surface area (Å²) in [5, 5.41) is 5.99. The van der Waals surface area contributed by atoms with Crippen molar-refractivity contribution in [3.05, 3.63) is 12.4 Å². The van der Waals surface area contributed by atoms with Crippen molar-refractivity contribution in [1.29, 1.82) is 0 Å². The number of anilines is 1. The number of methoxy groups -OCH3 is 1. The van der Waals surface area contributed by atoms with Crippen LogP contribution in [-0.2, 0) is 16.1 Å². The molecule has 0 aliphatic rings. The number of rotatable bonds is 7. The predicted molar refractivity (Wildman–Crippen MR) is 65.9 cm³/mol. The minimum absolute atomic E-state index is 0.0209. The fourth-order valence-corrected chi connectivity index (χ4v) is 1.49. The SMILES string of the molecule is COCC(C)Nc1nccn1CCNC(C)=O. The number of carbonyl (C=O) groups excluding carboxylic acids is 1. The van der Waals surface area contributed by atoms with Crippen LogP contribution in [-0.4, -0.2) is 41.8 Å². The zero-order valence-corrected chi connectivity index (χ0v) is 10.6. The van der Waals surface area contributed by atoms with E-state index in [0.717, 1.165) is 5.95 Å². The van der Waals surface area contributed by atoms with Crippen LogP contribution < -0.4 is 10.6 Å². The number of nitrogens with zero attached hydrogens (tertiary/aromatic N) is 2. The first-order valence-corrected chi connectivity index (χ1v) is 5.64. The molecule has 96 valence electrons. The Labute approximate surface area is 101 Å². The van der Waals surface area contributed by atoms with Crippen molar-refractivity contribution in [1.82, 2.24) is 14.9 Å². The van der Waals surface area contributed by atoms with Crippen molar-refractivity contribution >= 4 is 11.9 Å². The zero-order chi connectivity index (χ0) is 12.7. The molecule has 0 saturated carbocycles. The first-order chi connectivity index (χ1) is 8.13. The van der Waals surface area contributed by atoms with E-state index >= 15 is 0 Å². The van der Waals surface area contributed by atoms with Crippen LogP contribution in [0.1, 0.15) is 13.8 Å². The van der Waals surface area contributed by atoms with Gasteiger partial charge in [-0.15, -0.1) is 0 Å². The van der Waals surface area contributed by atoms with E-state index in [0.29, 0.717) is 19.7 Å². The van der Waals surface area contributed by atoms with Crippen molar-refractivity contribution in [2.75, 3.05) is 25.6 Å². The van der Waals surface area contributed by atoms with Gasteiger partial charge in [0, 0.05) is 45.6 Å². The molecule has 1 unspecified atom stereocenters. The summed E-state index contributed by atoms with van der Waals surface area (Å²) in [5.74, 6) is 0.771. The minimum Gasteiger partial charge on any atom is -0.383 e. The molecular weight excluding hydrogens is 220 g/mol. The highest BCUT2D eigenvalue weighted by Crippen LogP contribution is 2.05. The molecule has 2 N–H and O–H groups in total. The van der Waals surface area contributed by atoms with Gasteiger partial charge in [-0.1, -0.05) is 0 Å². The molecule has 0 saturated heterocycles. The van der Waals surface area contributed by atoms with Gasteiger partial charge in [0.25, 0.3) is 0 Å². The summed E-state index contributed by atoms with van der Waals surface area (Å²) in [6.45, 7) is 5.45. The number of aromatic nitrogens is 2. The zero-order valence-electron chi connectivity index (χ0n) is 10.6. The largest absolute Gasteiger partial charge is 0.383 e. The molecule has 0 spiro atoms. The molecule has 0 fully saturated rings. The van der Waals surface area contributed by atoms with Crippen LogP contribution in [0.2, 0.25) is 0 Å². The minimum atomic E-state index is -0.0209. The van der Waals surface area contributed by atoms with Crippen molar-refractivity contribution in [2.24, 2.45) is 0 Å². The Morgan fingerprint density at radius 3 is 3.06 bits per heavy atom. The highest BCUT2D eigenvalue weighted by Gasteiger charge is 2.06. The Morgan fingerprint density at radius 1 is 1.65 bits per heavy atom. The molecule has 1 aromatic heterocycles. The average molecular weight is 240 g/mol. The maximum absolute atomic E-state index is 10.8. The van der Waals surface area contributed by atoms with E-state index in [-0.39, 0.29) is 11.9 Å². The topological polar surface area (TPSA) is 68.2 Å². The lowest BCUT2D eigenvalue weighted by Crippen LogP contribution is -2.27. The number of hydrogen-bond acceptors (Lipinski definition) is 4. The molecule has 1 aromatic rings. The van der Waals surface area contributed by atoms with Crippen LogP contribution in [0.3, 0.4) is 0 Å². The Balaban J connectivity index is 2.45. The Morgan fingerprint density at radius 2 is 2.41 bits per heavy atom. The molecule has 1 amide bonds. The summed E-state index contributed by atoms with van der Waals surface area (Å²) >= 11 is 0. The lowest BCUT2D eigenvalue weighted by atomic mass is 10.4. The van der Waals surface area contributed by atoms with Gasteiger partial charge in [0.1, 0.15) is 0 Å². The second-order valence-corrected chi connectivity index (χ2v) is 3.93. The number of amides is 1. The third-order valence-corrected chi connectivity index (χ3v) is 2.23. The molecule has 1 atom stereocenters. The van der Waals surface area contributed by atoms with Crippen LogP contribution >= 0.6 is 0 Å². The van der Waals surface area contributed by atoms with Gasteiger partial charge in [-0.05, 0) is 6.92 Å². The molecule has 6 heteroatoms. The van der Waals surface area contributed by atoms with E-state index in [4.69, 9.17) is 4.74 Å². The van der Waals surface area contributed by atoms with E-state index in [9.17, 15) is 4.79 Å². The van der Waals surface area contributed by atoms with Crippen LogP contribution in [0.4, 0.5) is 5.95 Å².